The minimum Gasteiger partial charge on any atom is -0.493 e. The van der Waals surface area contributed by atoms with Crippen LogP contribution in [0.1, 0.15) is 18.1 Å². The average Bonchev–Trinajstić information content (AvgIpc) is 2.66. The van der Waals surface area contributed by atoms with Crippen molar-refractivity contribution in [2.24, 2.45) is 0 Å². The summed E-state index contributed by atoms with van der Waals surface area (Å²) in [6.45, 7) is 3.84. The zero-order valence-corrected chi connectivity index (χ0v) is 15.7. The molecule has 2 aromatic rings. The van der Waals surface area contributed by atoms with Crippen LogP contribution < -0.4 is 25.3 Å². The molecule has 8 nitrogen and oxygen atoms in total. The highest BCUT2D eigenvalue weighted by molar-refractivity contribution is 5.55. The lowest BCUT2D eigenvalue weighted by Crippen LogP contribution is -2.12. The fraction of sp³-hybridized carbons (Fsp3) is 0.444. The topological polar surface area (TPSA) is 101 Å². The van der Waals surface area contributed by atoms with Crippen molar-refractivity contribution in [2.45, 2.75) is 13.3 Å². The number of methoxy groups -OCH3 is 3. The van der Waals surface area contributed by atoms with E-state index in [0.29, 0.717) is 55.2 Å². The van der Waals surface area contributed by atoms with Crippen molar-refractivity contribution in [3.8, 4) is 17.2 Å². The zero-order valence-electron chi connectivity index (χ0n) is 15.7. The van der Waals surface area contributed by atoms with E-state index in [0.717, 1.165) is 11.1 Å². The monoisotopic (exact) mass is 362 g/mol. The van der Waals surface area contributed by atoms with Crippen LogP contribution >= 0.6 is 0 Å². The van der Waals surface area contributed by atoms with Crippen molar-refractivity contribution in [1.29, 1.82) is 0 Å². The van der Waals surface area contributed by atoms with E-state index < -0.39 is 0 Å². The molecule has 1 aromatic heterocycles. The molecule has 0 radical (unpaired) electrons. The predicted molar refractivity (Wildman–Crippen MR) is 100 cm³/mol. The number of anilines is 2. The van der Waals surface area contributed by atoms with Crippen LogP contribution in [0.25, 0.3) is 0 Å². The number of nitrogens with two attached hydrogens (primary N) is 1. The van der Waals surface area contributed by atoms with E-state index >= 15 is 0 Å². The van der Waals surface area contributed by atoms with Crippen molar-refractivity contribution in [3.05, 3.63) is 29.5 Å². The van der Waals surface area contributed by atoms with Gasteiger partial charge in [0.25, 0.3) is 0 Å². The van der Waals surface area contributed by atoms with Gasteiger partial charge in [0.15, 0.2) is 11.5 Å². The number of rotatable bonds is 10. The molecule has 142 valence electrons. The third-order valence-corrected chi connectivity index (χ3v) is 3.75. The Morgan fingerprint density at radius 2 is 1.77 bits per heavy atom. The Bertz CT molecular complexity index is 699. The molecule has 8 heteroatoms. The Balaban J connectivity index is 2.15. The lowest BCUT2D eigenvalue weighted by Gasteiger charge is -2.14. The zero-order chi connectivity index (χ0) is 18.9. The lowest BCUT2D eigenvalue weighted by atomic mass is 10.1. The maximum atomic E-state index is 6.09. The normalized spacial score (nSPS) is 10.5. The number of nitrogen functional groups attached to an aromatic ring is 1. The highest BCUT2D eigenvalue weighted by Crippen LogP contribution is 2.38. The first-order valence-corrected chi connectivity index (χ1v) is 8.34. The maximum Gasteiger partial charge on any atom is 0.224 e. The summed E-state index contributed by atoms with van der Waals surface area (Å²) >= 11 is 0. The molecule has 0 amide bonds. The molecule has 3 N–H and O–H groups in total. The van der Waals surface area contributed by atoms with Gasteiger partial charge in [-0.05, 0) is 24.6 Å². The molecule has 0 fully saturated rings. The van der Waals surface area contributed by atoms with Crippen molar-refractivity contribution >= 4 is 11.8 Å². The number of ether oxygens (including phenoxy) is 4. The highest BCUT2D eigenvalue weighted by Gasteiger charge is 2.14. The van der Waals surface area contributed by atoms with E-state index in [-0.39, 0.29) is 0 Å². The molecule has 0 saturated carbocycles. The summed E-state index contributed by atoms with van der Waals surface area (Å²) in [7, 11) is 4.74. The summed E-state index contributed by atoms with van der Waals surface area (Å²) in [5.74, 6) is 2.64. The average molecular weight is 362 g/mol. The van der Waals surface area contributed by atoms with E-state index in [1.54, 1.807) is 27.5 Å². The Kier molecular flexibility index (Phi) is 7.28. The second-order valence-corrected chi connectivity index (χ2v) is 5.44. The maximum absolute atomic E-state index is 6.09. The molecule has 0 unspecified atom stereocenters. The Morgan fingerprint density at radius 3 is 2.31 bits per heavy atom. The van der Waals surface area contributed by atoms with Crippen molar-refractivity contribution in [2.75, 3.05) is 52.1 Å². The van der Waals surface area contributed by atoms with Crippen LogP contribution in [0, 0.1) is 0 Å². The predicted octanol–water partition coefficient (Wildman–Crippen LogP) is 2.12. The molecule has 0 spiro atoms. The van der Waals surface area contributed by atoms with Crippen molar-refractivity contribution < 1.29 is 18.9 Å². The fourth-order valence-corrected chi connectivity index (χ4v) is 2.48. The van der Waals surface area contributed by atoms with Crippen LogP contribution in [0.5, 0.6) is 17.2 Å². The van der Waals surface area contributed by atoms with Gasteiger partial charge in [0.05, 0.1) is 27.9 Å². The first-order chi connectivity index (χ1) is 12.6. The first-order valence-electron chi connectivity index (χ1n) is 8.34. The van der Waals surface area contributed by atoms with Gasteiger partial charge < -0.3 is 30.0 Å². The van der Waals surface area contributed by atoms with Crippen LogP contribution in [-0.4, -0.2) is 51.1 Å². The molecule has 2 rings (SSSR count). The number of nitrogens with zero attached hydrogens (tertiary/aromatic N) is 2. The Hall–Kier alpha value is -2.74. The standard InChI is InChI=1S/C18H26N4O4/c1-5-26-7-6-20-18-21-11-13(17(19)22-18)8-12-9-14(23-2)16(25-4)15(10-12)24-3/h9-11H,5-8H2,1-4H3,(H3,19,20,21,22). The van der Waals surface area contributed by atoms with Gasteiger partial charge >= 0.3 is 0 Å². The lowest BCUT2D eigenvalue weighted by molar-refractivity contribution is 0.158. The molecule has 1 heterocycles. The molecule has 0 aliphatic heterocycles. The summed E-state index contributed by atoms with van der Waals surface area (Å²) in [6, 6.07) is 3.77. The van der Waals surface area contributed by atoms with Gasteiger partial charge in [0.2, 0.25) is 11.7 Å². The summed E-state index contributed by atoms with van der Waals surface area (Å²) in [5.41, 5.74) is 7.85. The van der Waals surface area contributed by atoms with Crippen molar-refractivity contribution in [1.82, 2.24) is 9.97 Å². The molecule has 1 aromatic carbocycles. The number of hydrogen-bond donors (Lipinski definition) is 2. The minimum absolute atomic E-state index is 0.424. The van der Waals surface area contributed by atoms with Gasteiger partial charge in [-0.2, -0.15) is 4.98 Å². The highest BCUT2D eigenvalue weighted by atomic mass is 16.5. The van der Waals surface area contributed by atoms with Gasteiger partial charge in [0.1, 0.15) is 5.82 Å². The summed E-state index contributed by atoms with van der Waals surface area (Å²) < 4.78 is 21.4. The summed E-state index contributed by atoms with van der Waals surface area (Å²) in [6.07, 6.45) is 2.26. The second-order valence-electron chi connectivity index (χ2n) is 5.44. The Morgan fingerprint density at radius 1 is 1.08 bits per heavy atom. The number of nitrogens with one attached hydrogen (secondary N) is 1. The number of hydrogen-bond acceptors (Lipinski definition) is 8. The fourth-order valence-electron chi connectivity index (χ4n) is 2.48. The quantitative estimate of drug-likeness (QED) is 0.620. The molecule has 0 saturated heterocycles. The van der Waals surface area contributed by atoms with Crippen LogP contribution in [0.2, 0.25) is 0 Å². The third-order valence-electron chi connectivity index (χ3n) is 3.75. The second kappa shape index (κ2) is 9.67. The molecule has 0 bridgehead atoms. The summed E-state index contributed by atoms with van der Waals surface area (Å²) in [5, 5.41) is 3.08. The van der Waals surface area contributed by atoms with Crippen LogP contribution in [0.15, 0.2) is 18.3 Å². The van der Waals surface area contributed by atoms with E-state index in [4.69, 9.17) is 24.7 Å². The largest absolute Gasteiger partial charge is 0.493 e. The smallest absolute Gasteiger partial charge is 0.224 e. The van der Waals surface area contributed by atoms with Gasteiger partial charge in [-0.25, -0.2) is 4.98 Å². The first kappa shape index (κ1) is 19.6. The minimum atomic E-state index is 0.424. The third kappa shape index (κ3) is 4.89. The summed E-state index contributed by atoms with van der Waals surface area (Å²) in [4.78, 5) is 8.61. The molecular weight excluding hydrogens is 336 g/mol. The molecule has 0 aliphatic carbocycles. The van der Waals surface area contributed by atoms with Crippen LogP contribution in [-0.2, 0) is 11.2 Å². The molecular formula is C18H26N4O4. The molecule has 0 atom stereocenters. The number of benzene rings is 1. The van der Waals surface area contributed by atoms with Gasteiger partial charge in [-0.3, -0.25) is 0 Å². The molecule has 26 heavy (non-hydrogen) atoms. The van der Waals surface area contributed by atoms with Gasteiger partial charge in [-0.15, -0.1) is 0 Å². The van der Waals surface area contributed by atoms with Crippen LogP contribution in [0.3, 0.4) is 0 Å². The van der Waals surface area contributed by atoms with E-state index in [1.807, 2.05) is 19.1 Å². The SMILES string of the molecule is CCOCCNc1ncc(Cc2cc(OC)c(OC)c(OC)c2)c(N)n1. The molecule has 0 aliphatic rings. The van der Waals surface area contributed by atoms with Crippen LogP contribution in [0.4, 0.5) is 11.8 Å². The number of aromatic nitrogens is 2. The van der Waals surface area contributed by atoms with E-state index in [2.05, 4.69) is 15.3 Å². The van der Waals surface area contributed by atoms with Gasteiger partial charge in [-0.1, -0.05) is 0 Å². The van der Waals surface area contributed by atoms with E-state index in [9.17, 15) is 0 Å². The van der Waals surface area contributed by atoms with E-state index in [1.165, 1.54) is 0 Å². The Labute approximate surface area is 153 Å². The van der Waals surface area contributed by atoms with Crippen molar-refractivity contribution in [3.63, 3.8) is 0 Å². The van der Waals surface area contributed by atoms with Gasteiger partial charge in [0, 0.05) is 31.3 Å².